The Balaban J connectivity index is 1.62. The van der Waals surface area contributed by atoms with Crippen molar-refractivity contribution in [2.24, 2.45) is 0 Å². The number of furan rings is 1. The third kappa shape index (κ3) is 3.90. The van der Waals surface area contributed by atoms with Crippen LogP contribution < -0.4 is 4.72 Å². The summed E-state index contributed by atoms with van der Waals surface area (Å²) in [4.78, 5) is 14.0. The number of amides is 1. The Labute approximate surface area is 145 Å². The molecule has 1 aromatic carbocycles. The van der Waals surface area contributed by atoms with Crippen molar-refractivity contribution in [2.45, 2.75) is 23.8 Å². The van der Waals surface area contributed by atoms with Crippen LogP contribution in [-0.4, -0.2) is 38.4 Å². The molecule has 2 aromatic rings. The van der Waals surface area contributed by atoms with Gasteiger partial charge in [-0.1, -0.05) is 6.07 Å². The molecule has 1 saturated heterocycles. The minimum Gasteiger partial charge on any atom is -0.472 e. The minimum absolute atomic E-state index is 0.0726. The lowest BCUT2D eigenvalue weighted by Gasteiger charge is -2.32. The highest BCUT2D eigenvalue weighted by molar-refractivity contribution is 7.89. The number of carbonyl (C=O) groups is 1. The van der Waals surface area contributed by atoms with E-state index >= 15 is 0 Å². The van der Waals surface area contributed by atoms with E-state index in [0.717, 1.165) is 0 Å². The number of piperidine rings is 1. The predicted molar refractivity (Wildman–Crippen MR) is 89.1 cm³/mol. The lowest BCUT2D eigenvalue weighted by atomic mass is 10.1. The average Bonchev–Trinajstić information content (AvgIpc) is 3.16. The fourth-order valence-corrected chi connectivity index (χ4v) is 4.14. The number of carbonyl (C=O) groups excluding carboxylic acids is 1. The summed E-state index contributed by atoms with van der Waals surface area (Å²) in [5.41, 5.74) is 0.788. The van der Waals surface area contributed by atoms with E-state index in [1.54, 1.807) is 23.1 Å². The van der Waals surface area contributed by atoms with Crippen molar-refractivity contribution in [3.63, 3.8) is 0 Å². The first-order valence-corrected chi connectivity index (χ1v) is 9.32. The SMILES string of the molecule is N#Cc1cccc(S(=O)(=O)NC2CCN(C(=O)c3ccoc3)CC2)c1. The second-order valence-electron chi connectivity index (χ2n) is 5.84. The zero-order valence-electron chi connectivity index (χ0n) is 13.4. The van der Waals surface area contributed by atoms with Crippen LogP contribution in [0.5, 0.6) is 0 Å². The average molecular weight is 359 g/mol. The first-order chi connectivity index (χ1) is 12.0. The van der Waals surface area contributed by atoms with Crippen LogP contribution in [0.2, 0.25) is 0 Å². The summed E-state index contributed by atoms with van der Waals surface area (Å²) in [5.74, 6) is -0.114. The van der Waals surface area contributed by atoms with Crippen LogP contribution in [0.25, 0.3) is 0 Å². The van der Waals surface area contributed by atoms with Gasteiger partial charge < -0.3 is 9.32 Å². The quantitative estimate of drug-likeness (QED) is 0.895. The van der Waals surface area contributed by atoms with E-state index < -0.39 is 10.0 Å². The number of rotatable bonds is 4. The van der Waals surface area contributed by atoms with Crippen molar-refractivity contribution in [3.8, 4) is 6.07 Å². The third-order valence-electron chi connectivity index (χ3n) is 4.15. The Morgan fingerprint density at radius 3 is 2.68 bits per heavy atom. The Kier molecular flexibility index (Phi) is 4.88. The molecule has 1 amide bonds. The van der Waals surface area contributed by atoms with Gasteiger partial charge in [-0.15, -0.1) is 0 Å². The molecule has 1 fully saturated rings. The van der Waals surface area contributed by atoms with Gasteiger partial charge in [0.05, 0.1) is 28.4 Å². The number of likely N-dealkylation sites (tertiary alicyclic amines) is 1. The Morgan fingerprint density at radius 1 is 1.28 bits per heavy atom. The van der Waals surface area contributed by atoms with Gasteiger partial charge in [-0.2, -0.15) is 5.26 Å². The topological polar surface area (TPSA) is 103 Å². The molecule has 130 valence electrons. The van der Waals surface area contributed by atoms with Crippen LogP contribution in [0, 0.1) is 11.3 Å². The zero-order valence-corrected chi connectivity index (χ0v) is 14.2. The van der Waals surface area contributed by atoms with Crippen molar-refractivity contribution in [2.75, 3.05) is 13.1 Å². The molecule has 0 aliphatic carbocycles. The number of hydrogen-bond acceptors (Lipinski definition) is 5. The van der Waals surface area contributed by atoms with Gasteiger partial charge in [-0.25, -0.2) is 13.1 Å². The second kappa shape index (κ2) is 7.09. The summed E-state index contributed by atoms with van der Waals surface area (Å²) in [6.07, 6.45) is 3.91. The fourth-order valence-electron chi connectivity index (χ4n) is 2.79. The summed E-state index contributed by atoms with van der Waals surface area (Å²) in [5, 5.41) is 8.90. The zero-order chi connectivity index (χ0) is 17.9. The number of nitrogens with one attached hydrogen (secondary N) is 1. The van der Waals surface area contributed by atoms with E-state index in [2.05, 4.69) is 4.72 Å². The van der Waals surface area contributed by atoms with Crippen LogP contribution in [0.4, 0.5) is 0 Å². The molecule has 1 aromatic heterocycles. The van der Waals surface area contributed by atoms with Crippen molar-refractivity contribution >= 4 is 15.9 Å². The second-order valence-corrected chi connectivity index (χ2v) is 7.55. The molecule has 0 radical (unpaired) electrons. The minimum atomic E-state index is -3.69. The van der Waals surface area contributed by atoms with Gasteiger partial charge in [-0.05, 0) is 37.1 Å². The molecule has 25 heavy (non-hydrogen) atoms. The highest BCUT2D eigenvalue weighted by Crippen LogP contribution is 2.17. The first kappa shape index (κ1) is 17.2. The molecule has 7 nitrogen and oxygen atoms in total. The van der Waals surface area contributed by atoms with Crippen LogP contribution >= 0.6 is 0 Å². The lowest BCUT2D eigenvalue weighted by Crippen LogP contribution is -2.46. The maximum atomic E-state index is 12.5. The van der Waals surface area contributed by atoms with Crippen LogP contribution in [0.1, 0.15) is 28.8 Å². The van der Waals surface area contributed by atoms with E-state index in [-0.39, 0.29) is 16.8 Å². The van der Waals surface area contributed by atoms with Crippen LogP contribution in [-0.2, 0) is 10.0 Å². The van der Waals surface area contributed by atoms with Gasteiger partial charge >= 0.3 is 0 Å². The largest absolute Gasteiger partial charge is 0.472 e. The highest BCUT2D eigenvalue weighted by Gasteiger charge is 2.27. The van der Waals surface area contributed by atoms with Crippen molar-refractivity contribution < 1.29 is 17.6 Å². The molecular formula is C17H17N3O4S. The molecule has 3 rings (SSSR count). The summed E-state index contributed by atoms with van der Waals surface area (Å²) in [7, 11) is -3.69. The van der Waals surface area contributed by atoms with E-state index in [0.29, 0.717) is 37.1 Å². The monoisotopic (exact) mass is 359 g/mol. The molecular weight excluding hydrogens is 342 g/mol. The van der Waals surface area contributed by atoms with E-state index in [4.69, 9.17) is 9.68 Å². The molecule has 1 aliphatic rings. The Morgan fingerprint density at radius 2 is 2.04 bits per heavy atom. The summed E-state index contributed by atoms with van der Waals surface area (Å²) in [6.45, 7) is 0.935. The van der Waals surface area contributed by atoms with Gasteiger partial charge in [0, 0.05) is 19.1 Å². The van der Waals surface area contributed by atoms with E-state index in [1.165, 1.54) is 24.7 Å². The fraction of sp³-hybridized carbons (Fsp3) is 0.294. The molecule has 0 saturated carbocycles. The molecule has 0 atom stereocenters. The molecule has 0 unspecified atom stereocenters. The smallest absolute Gasteiger partial charge is 0.257 e. The first-order valence-electron chi connectivity index (χ1n) is 7.83. The van der Waals surface area contributed by atoms with Gasteiger partial charge in [-0.3, -0.25) is 4.79 Å². The van der Waals surface area contributed by atoms with Gasteiger partial charge in [0.15, 0.2) is 0 Å². The number of sulfonamides is 1. The summed E-state index contributed by atoms with van der Waals surface area (Å²) >= 11 is 0. The Bertz CT molecular complexity index is 892. The summed E-state index contributed by atoms with van der Waals surface area (Å²) < 4.78 is 32.5. The lowest BCUT2D eigenvalue weighted by molar-refractivity contribution is 0.0710. The number of nitrogens with zero attached hydrogens (tertiary/aromatic N) is 2. The maximum absolute atomic E-state index is 12.5. The van der Waals surface area contributed by atoms with Crippen molar-refractivity contribution in [1.82, 2.24) is 9.62 Å². The Hall–Kier alpha value is -2.63. The van der Waals surface area contributed by atoms with Gasteiger partial charge in [0.25, 0.3) is 5.91 Å². The third-order valence-corrected chi connectivity index (χ3v) is 5.66. The van der Waals surface area contributed by atoms with E-state index in [1.807, 2.05) is 6.07 Å². The number of nitriles is 1. The van der Waals surface area contributed by atoms with Crippen molar-refractivity contribution in [3.05, 3.63) is 54.0 Å². The normalized spacial score (nSPS) is 15.7. The number of benzene rings is 1. The van der Waals surface area contributed by atoms with Gasteiger partial charge in [0.2, 0.25) is 10.0 Å². The van der Waals surface area contributed by atoms with E-state index in [9.17, 15) is 13.2 Å². The number of hydrogen-bond donors (Lipinski definition) is 1. The molecule has 2 heterocycles. The molecule has 8 heteroatoms. The predicted octanol–water partition coefficient (Wildman–Crippen LogP) is 1.73. The summed E-state index contributed by atoms with van der Waals surface area (Å²) in [6, 6.07) is 9.20. The van der Waals surface area contributed by atoms with Gasteiger partial charge in [0.1, 0.15) is 6.26 Å². The molecule has 1 aliphatic heterocycles. The van der Waals surface area contributed by atoms with Crippen LogP contribution in [0.15, 0.2) is 52.2 Å². The standard InChI is InChI=1S/C17H17N3O4S/c18-11-13-2-1-3-16(10-13)25(22,23)19-15-4-7-20(8-5-15)17(21)14-6-9-24-12-14/h1-3,6,9-10,12,15,19H,4-5,7-8H2. The molecule has 1 N–H and O–H groups in total. The molecule has 0 spiro atoms. The maximum Gasteiger partial charge on any atom is 0.257 e. The highest BCUT2D eigenvalue weighted by atomic mass is 32.2. The molecule has 0 bridgehead atoms. The van der Waals surface area contributed by atoms with Crippen LogP contribution in [0.3, 0.4) is 0 Å². The van der Waals surface area contributed by atoms with Crippen molar-refractivity contribution in [1.29, 1.82) is 5.26 Å².